The average molecular weight is 103 g/mol. The zero-order valence-electron chi connectivity index (χ0n) is 1.96. The van der Waals surface area contributed by atoms with Gasteiger partial charge in [-0.3, -0.25) is 0 Å². The van der Waals surface area contributed by atoms with Gasteiger partial charge in [0.15, 0.2) is 0 Å². The summed E-state index contributed by atoms with van der Waals surface area (Å²) >= 11 is 9.03. The molecule has 0 aromatic rings. The number of halogens is 2. The van der Waals surface area contributed by atoms with Crippen LogP contribution in [0.3, 0.4) is 0 Å². The van der Waals surface area contributed by atoms with Gasteiger partial charge in [-0.1, -0.05) is 0 Å². The molecule has 0 radical (unpaired) electrons. The molecule has 4 heavy (non-hydrogen) atoms. The van der Waals surface area contributed by atoms with Crippen LogP contribution in [0.15, 0.2) is 0 Å². The maximum atomic E-state index is 4.51. The summed E-state index contributed by atoms with van der Waals surface area (Å²) in [6, 6.07) is 0. The van der Waals surface area contributed by atoms with Crippen LogP contribution < -0.4 is 10.5 Å². The van der Waals surface area contributed by atoms with Gasteiger partial charge in [0.1, 0.15) is 0 Å². The third-order valence-electron chi connectivity index (χ3n) is 0. The van der Waals surface area contributed by atoms with E-state index in [1.165, 1.54) is 0 Å². The summed E-state index contributed by atoms with van der Waals surface area (Å²) in [7, 11) is 0. The van der Waals surface area contributed by atoms with E-state index in [4.69, 9.17) is 0 Å². The molecule has 0 aromatic heterocycles. The highest BCUT2D eigenvalue weighted by atomic mass is 35.5. The number of hydrogen-bond acceptors (Lipinski definition) is 2. The summed E-state index contributed by atoms with van der Waals surface area (Å²) in [5, 5.41) is 0. The van der Waals surface area contributed by atoms with Gasteiger partial charge in [-0.05, 0) is 23.6 Å². The molecule has 0 aliphatic carbocycles. The van der Waals surface area contributed by atoms with Crippen molar-refractivity contribution >= 4 is 23.6 Å². The van der Waals surface area contributed by atoms with Crippen LogP contribution in [0.1, 0.15) is 0 Å². The molecule has 0 saturated heterocycles. The Morgan fingerprint density at radius 3 is 1.25 bits per heavy atom. The molecular formula is H4Cl2N2. The molecule has 4 heteroatoms. The van der Waals surface area contributed by atoms with E-state index in [0.29, 0.717) is 0 Å². The van der Waals surface area contributed by atoms with Gasteiger partial charge in [0, 0.05) is 0 Å². The standard InChI is InChI=1S/Cl2HN.H3N/c1-3-2;/h3H;1H3. The van der Waals surface area contributed by atoms with Crippen molar-refractivity contribution in [1.82, 2.24) is 10.5 Å². The molecule has 0 amide bonds. The first kappa shape index (κ1) is 8.82. The number of rotatable bonds is 0. The molecule has 0 rings (SSSR count). The SMILES string of the molecule is ClNCl.N. The molecule has 2 nitrogen and oxygen atoms in total. The van der Waals surface area contributed by atoms with Gasteiger partial charge in [0.05, 0.1) is 0 Å². The Kier molecular flexibility index (Phi) is 21.4. The fourth-order valence-corrected chi connectivity index (χ4v) is 0. The first-order valence-corrected chi connectivity index (χ1v) is 1.13. The van der Waals surface area contributed by atoms with Gasteiger partial charge < -0.3 is 6.15 Å². The fraction of sp³-hybridized carbons (Fsp3) is 0. The van der Waals surface area contributed by atoms with Crippen molar-refractivity contribution in [3.8, 4) is 0 Å². The molecule has 0 bridgehead atoms. The van der Waals surface area contributed by atoms with Crippen molar-refractivity contribution in [1.29, 1.82) is 0 Å². The predicted molar refractivity (Wildman–Crippen MR) is 19.9 cm³/mol. The molecule has 0 aliphatic rings. The van der Waals surface area contributed by atoms with E-state index < -0.39 is 0 Å². The maximum absolute atomic E-state index is 4.51. The van der Waals surface area contributed by atoms with Crippen LogP contribution in [0.2, 0.25) is 0 Å². The van der Waals surface area contributed by atoms with Crippen LogP contribution in [0, 0.1) is 0 Å². The molecule has 0 aliphatic heterocycles. The second kappa shape index (κ2) is 9.72. The predicted octanol–water partition coefficient (Wildman–Crippen LogP) is 1.05. The zero-order chi connectivity index (χ0) is 2.71. The molecule has 0 heterocycles. The molecule has 0 aromatic carbocycles. The van der Waals surface area contributed by atoms with Gasteiger partial charge in [-0.15, -0.1) is 4.35 Å². The van der Waals surface area contributed by atoms with Crippen LogP contribution in [-0.2, 0) is 0 Å². The van der Waals surface area contributed by atoms with Crippen LogP contribution >= 0.6 is 23.6 Å². The Hall–Kier alpha value is 0.500. The minimum Gasteiger partial charge on any atom is -0.344 e. The first-order valence-electron chi connectivity index (χ1n) is 0.378. The lowest BCUT2D eigenvalue weighted by atomic mass is 13.9. The highest BCUT2D eigenvalue weighted by Gasteiger charge is 1.34. The Morgan fingerprint density at radius 1 is 1.25 bits per heavy atom. The largest absolute Gasteiger partial charge is 0.344 e. The highest BCUT2D eigenvalue weighted by Crippen LogP contribution is 1.57. The second-order valence-corrected chi connectivity index (χ2v) is 0.643. The minimum absolute atomic E-state index is 0. The van der Waals surface area contributed by atoms with Crippen molar-refractivity contribution in [2.75, 3.05) is 0 Å². The number of nitrogens with one attached hydrogen (secondary N) is 1. The van der Waals surface area contributed by atoms with E-state index in [2.05, 4.69) is 23.6 Å². The van der Waals surface area contributed by atoms with E-state index in [-0.39, 0.29) is 6.15 Å². The first-order chi connectivity index (χ1) is 1.41. The zero-order valence-corrected chi connectivity index (χ0v) is 3.47. The fourth-order valence-electron chi connectivity index (χ4n) is 0. The molecule has 0 spiro atoms. The van der Waals surface area contributed by atoms with E-state index in [1.54, 1.807) is 4.35 Å². The van der Waals surface area contributed by atoms with Gasteiger partial charge in [0.2, 0.25) is 0 Å². The van der Waals surface area contributed by atoms with E-state index in [0.717, 1.165) is 0 Å². The van der Waals surface area contributed by atoms with E-state index in [1.807, 2.05) is 0 Å². The maximum Gasteiger partial charge on any atom is -0.00838 e. The molecule has 0 fully saturated rings. The lowest BCUT2D eigenvalue weighted by Crippen LogP contribution is -1.59. The monoisotopic (exact) mass is 102 g/mol. The third kappa shape index (κ3) is 22.5. The molecule has 28 valence electrons. The Bertz CT molecular complexity index is 4.00. The lowest BCUT2D eigenvalue weighted by Gasteiger charge is -1.49. The molecule has 0 saturated carbocycles. The van der Waals surface area contributed by atoms with Crippen molar-refractivity contribution in [3.63, 3.8) is 0 Å². The van der Waals surface area contributed by atoms with Gasteiger partial charge >= 0.3 is 0 Å². The summed E-state index contributed by atoms with van der Waals surface area (Å²) in [5.41, 5.74) is 0. The molecular weight excluding hydrogens is 98.9 g/mol. The Balaban J connectivity index is 0. The van der Waals surface area contributed by atoms with Crippen molar-refractivity contribution in [2.45, 2.75) is 0 Å². The summed E-state index contributed by atoms with van der Waals surface area (Å²) < 4.78 is 1.69. The normalized spacial score (nSPS) is 4.50. The topological polar surface area (TPSA) is 47.0 Å². The summed E-state index contributed by atoms with van der Waals surface area (Å²) in [6.07, 6.45) is 0. The summed E-state index contributed by atoms with van der Waals surface area (Å²) in [5.74, 6) is 0. The quantitative estimate of drug-likeness (QED) is 0.450. The van der Waals surface area contributed by atoms with E-state index in [9.17, 15) is 0 Å². The Labute approximate surface area is 34.9 Å². The van der Waals surface area contributed by atoms with E-state index >= 15 is 0 Å². The lowest BCUT2D eigenvalue weighted by molar-refractivity contribution is 1.69. The minimum atomic E-state index is 0. The van der Waals surface area contributed by atoms with Gasteiger partial charge in [-0.25, -0.2) is 0 Å². The Morgan fingerprint density at radius 2 is 1.25 bits per heavy atom. The van der Waals surface area contributed by atoms with Crippen LogP contribution in [-0.4, -0.2) is 0 Å². The van der Waals surface area contributed by atoms with Crippen LogP contribution in [0.5, 0.6) is 0 Å². The second-order valence-electron chi connectivity index (χ2n) is 0.0714. The third-order valence-corrected chi connectivity index (χ3v) is 0. The van der Waals surface area contributed by atoms with Gasteiger partial charge in [0.25, 0.3) is 0 Å². The average Bonchev–Trinajstić information content (AvgIpc) is 0.918. The number of hydrogen-bond donors (Lipinski definition) is 2. The van der Waals surface area contributed by atoms with Crippen molar-refractivity contribution < 1.29 is 0 Å². The summed E-state index contributed by atoms with van der Waals surface area (Å²) in [6.45, 7) is 0. The van der Waals surface area contributed by atoms with Crippen molar-refractivity contribution in [3.05, 3.63) is 0 Å². The van der Waals surface area contributed by atoms with Crippen LogP contribution in [0.4, 0.5) is 0 Å². The summed E-state index contributed by atoms with van der Waals surface area (Å²) in [4.78, 5) is 0. The smallest absolute Gasteiger partial charge is 0.00838 e. The van der Waals surface area contributed by atoms with Crippen LogP contribution in [0.25, 0.3) is 0 Å². The molecule has 0 atom stereocenters. The van der Waals surface area contributed by atoms with Crippen molar-refractivity contribution in [2.24, 2.45) is 0 Å². The molecule has 4 N–H and O–H groups in total. The molecule has 0 unspecified atom stereocenters. The highest BCUT2D eigenvalue weighted by molar-refractivity contribution is 6.33. The van der Waals surface area contributed by atoms with Gasteiger partial charge in [-0.2, -0.15) is 0 Å².